The number of aromatic amines is 2. The highest BCUT2D eigenvalue weighted by Crippen LogP contribution is 2.21. The zero-order valence-electron chi connectivity index (χ0n) is 20.4. The quantitative estimate of drug-likeness (QED) is 0.338. The van der Waals surface area contributed by atoms with E-state index < -0.39 is 10.2 Å². The lowest BCUT2D eigenvalue weighted by Crippen LogP contribution is -2.58. The van der Waals surface area contributed by atoms with Crippen LogP contribution < -0.4 is 14.0 Å². The van der Waals surface area contributed by atoms with Crippen molar-refractivity contribution in [2.24, 2.45) is 0 Å². The molecule has 0 spiro atoms. The minimum absolute atomic E-state index is 0.0139. The summed E-state index contributed by atoms with van der Waals surface area (Å²) in [4.78, 5) is 17.2. The second-order valence-corrected chi connectivity index (χ2v) is 10.1. The molecule has 4 heterocycles. The van der Waals surface area contributed by atoms with Gasteiger partial charge in [0, 0.05) is 23.2 Å². The van der Waals surface area contributed by atoms with Crippen molar-refractivity contribution in [3.8, 4) is 23.0 Å². The molecule has 4 aromatic rings. The Morgan fingerprint density at radius 3 is 1.26 bits per heavy atom. The van der Waals surface area contributed by atoms with Gasteiger partial charge in [-0.15, -0.1) is 0 Å². The Hall–Kier alpha value is -3.29. The average Bonchev–Trinajstić information content (AvgIpc) is 3.44. The first kappa shape index (κ1) is 28.0. The summed E-state index contributed by atoms with van der Waals surface area (Å²) in [6, 6.07) is 11.4. The molecule has 0 aliphatic rings. The van der Waals surface area contributed by atoms with Crippen molar-refractivity contribution in [1.82, 2.24) is 40.3 Å². The van der Waals surface area contributed by atoms with E-state index in [-0.39, 0.29) is 10.8 Å². The summed E-state index contributed by atoms with van der Waals surface area (Å²) >= 11 is 0. The maximum Gasteiger partial charge on any atom is 0.199 e. The summed E-state index contributed by atoms with van der Waals surface area (Å²) in [5.74, 6) is 3.06. The summed E-state index contributed by atoms with van der Waals surface area (Å²) in [5, 5.41) is 14.2. The minimum Gasteiger partial charge on any atom is -0.262 e. The summed E-state index contributed by atoms with van der Waals surface area (Å²) in [6.07, 6.45) is 3.48. The molecular formula is C22H29ClN8O4. The number of halogens is 1. The molecule has 0 saturated carbocycles. The maximum absolute atomic E-state index is 8.60. The number of nitrogens with zero attached hydrogens (tertiary/aromatic N) is 6. The van der Waals surface area contributed by atoms with Crippen molar-refractivity contribution < 1.29 is 28.9 Å². The van der Waals surface area contributed by atoms with Crippen molar-refractivity contribution in [3.05, 3.63) is 60.4 Å². The number of H-pyrrole nitrogens is 2. The Bertz CT molecular complexity index is 1070. The van der Waals surface area contributed by atoms with Gasteiger partial charge >= 0.3 is 0 Å². The van der Waals surface area contributed by atoms with Gasteiger partial charge in [0.15, 0.2) is 11.6 Å². The Morgan fingerprint density at radius 2 is 1.03 bits per heavy atom. The minimum atomic E-state index is -4.69. The number of pyridine rings is 2. The van der Waals surface area contributed by atoms with Gasteiger partial charge in [0.2, 0.25) is 0 Å². The first-order valence-electron chi connectivity index (χ1n) is 10.5. The third kappa shape index (κ3) is 9.84. The highest BCUT2D eigenvalue weighted by atomic mass is 35.7. The molecule has 0 unspecified atom stereocenters. The van der Waals surface area contributed by atoms with Crippen molar-refractivity contribution in [3.63, 3.8) is 0 Å². The van der Waals surface area contributed by atoms with E-state index in [1.165, 1.54) is 0 Å². The Balaban J connectivity index is 0.000000208. The Labute approximate surface area is 205 Å². The number of aromatic nitrogens is 8. The molecule has 4 rings (SSSR count). The van der Waals surface area contributed by atoms with E-state index in [0.29, 0.717) is 11.6 Å². The fourth-order valence-corrected chi connectivity index (χ4v) is 2.41. The van der Waals surface area contributed by atoms with Crippen LogP contribution in [-0.4, -0.2) is 45.0 Å². The van der Waals surface area contributed by atoms with E-state index in [0.717, 1.165) is 23.0 Å². The van der Waals surface area contributed by atoms with E-state index in [1.807, 2.05) is 36.4 Å². The lowest BCUT2D eigenvalue weighted by molar-refractivity contribution is -1.92. The zero-order valence-corrected chi connectivity index (χ0v) is 21.1. The highest BCUT2D eigenvalue weighted by molar-refractivity contribution is 5.48. The van der Waals surface area contributed by atoms with Crippen LogP contribution in [0.1, 0.15) is 53.2 Å². The first-order valence-corrected chi connectivity index (χ1v) is 11.7. The smallest absolute Gasteiger partial charge is 0.199 e. The zero-order chi connectivity index (χ0) is 26.3. The van der Waals surface area contributed by atoms with Crippen LogP contribution in [0.15, 0.2) is 48.8 Å². The third-order valence-electron chi connectivity index (χ3n) is 4.18. The van der Waals surface area contributed by atoms with Crippen molar-refractivity contribution in [2.75, 3.05) is 0 Å². The lowest BCUT2D eigenvalue weighted by atomic mass is 9.96. The number of rotatable bonds is 2. The van der Waals surface area contributed by atoms with E-state index in [9.17, 15) is 0 Å². The molecule has 3 N–H and O–H groups in total. The van der Waals surface area contributed by atoms with Crippen molar-refractivity contribution >= 4 is 0 Å². The van der Waals surface area contributed by atoms with Gasteiger partial charge in [0.25, 0.3) is 0 Å². The summed E-state index contributed by atoms with van der Waals surface area (Å²) in [7, 11) is -4.69. The highest BCUT2D eigenvalue weighted by Gasteiger charge is 2.20. The van der Waals surface area contributed by atoms with Crippen LogP contribution in [0.5, 0.6) is 0 Å². The standard InChI is InChI=1S/2C11H14N4.ClHO4/c2*1-11(2,3)10-13-9(14-15-10)8-6-4-5-7-12-8;2-1(3,4)5/h2*4-7H,1-3H3,(H,13,14,15);(H,2,3,4,5). The first-order chi connectivity index (χ1) is 16.1. The average molecular weight is 505 g/mol. The van der Waals surface area contributed by atoms with Gasteiger partial charge in [-0.1, -0.05) is 53.7 Å². The maximum atomic E-state index is 8.60. The van der Waals surface area contributed by atoms with Gasteiger partial charge < -0.3 is 0 Å². The molecule has 0 fully saturated rings. The fourth-order valence-electron chi connectivity index (χ4n) is 2.41. The Kier molecular flexibility index (Phi) is 9.12. The van der Waals surface area contributed by atoms with Gasteiger partial charge in [-0.25, -0.2) is 9.97 Å². The topological polar surface area (TPSA) is 198 Å². The van der Waals surface area contributed by atoms with E-state index >= 15 is 0 Å². The van der Waals surface area contributed by atoms with Crippen molar-refractivity contribution in [1.29, 1.82) is 0 Å². The summed E-state index contributed by atoms with van der Waals surface area (Å²) in [5.41, 5.74) is 1.56. The molecule has 0 aliphatic carbocycles. The number of nitrogens with one attached hydrogen (secondary N) is 2. The van der Waals surface area contributed by atoms with Crippen LogP contribution >= 0.6 is 0 Å². The fraction of sp³-hybridized carbons (Fsp3) is 0.364. The normalized spacial score (nSPS) is 11.7. The SMILES string of the molecule is CC(C)(C)c1nc(-c2ccccn2)n[nH]1.CC(C)(C)c1nc(-c2ccccn2)n[nH]1.[O-][Cl+3]([O-])([O-])O. The molecule has 0 radical (unpaired) electrons. The second kappa shape index (κ2) is 11.4. The number of hydrogen-bond donors (Lipinski definition) is 3. The van der Waals surface area contributed by atoms with Gasteiger partial charge in [-0.05, 0) is 24.3 Å². The largest absolute Gasteiger partial charge is 0.262 e. The molecule has 0 aromatic carbocycles. The molecule has 0 aliphatic heterocycles. The molecule has 13 heteroatoms. The van der Waals surface area contributed by atoms with Crippen LogP contribution in [-0.2, 0) is 10.8 Å². The van der Waals surface area contributed by atoms with Crippen LogP contribution in [0.4, 0.5) is 0 Å². The predicted octanol–water partition coefficient (Wildman–Crippen LogP) is 0.204. The van der Waals surface area contributed by atoms with Gasteiger partial charge in [-0.3, -0.25) is 20.2 Å². The molecular weight excluding hydrogens is 476 g/mol. The van der Waals surface area contributed by atoms with Gasteiger partial charge in [0.05, 0.1) is 14.9 Å². The summed E-state index contributed by atoms with van der Waals surface area (Å²) in [6.45, 7) is 12.6. The number of hydrogen-bond acceptors (Lipinski definition) is 10. The monoisotopic (exact) mass is 504 g/mol. The molecule has 4 aromatic heterocycles. The molecule has 35 heavy (non-hydrogen) atoms. The van der Waals surface area contributed by atoms with E-state index in [2.05, 4.69) is 81.9 Å². The molecule has 188 valence electrons. The molecule has 0 amide bonds. The van der Waals surface area contributed by atoms with Crippen LogP contribution in [0.3, 0.4) is 0 Å². The predicted molar refractivity (Wildman–Crippen MR) is 119 cm³/mol. The van der Waals surface area contributed by atoms with E-state index in [4.69, 9.17) is 18.6 Å². The van der Waals surface area contributed by atoms with Crippen LogP contribution in [0.2, 0.25) is 0 Å². The lowest BCUT2D eigenvalue weighted by Gasteiger charge is -2.12. The third-order valence-corrected chi connectivity index (χ3v) is 4.18. The molecule has 0 atom stereocenters. The molecule has 12 nitrogen and oxygen atoms in total. The second-order valence-electron chi connectivity index (χ2n) is 9.34. The Morgan fingerprint density at radius 1 is 0.686 bits per heavy atom. The van der Waals surface area contributed by atoms with Crippen LogP contribution in [0, 0.1) is 10.2 Å². The van der Waals surface area contributed by atoms with Gasteiger partial charge in [0.1, 0.15) is 23.0 Å². The molecule has 0 bridgehead atoms. The van der Waals surface area contributed by atoms with Crippen molar-refractivity contribution in [2.45, 2.75) is 52.4 Å². The summed E-state index contributed by atoms with van der Waals surface area (Å²) < 4.78 is 32.7. The van der Waals surface area contributed by atoms with Gasteiger partial charge in [-0.2, -0.15) is 24.2 Å². The van der Waals surface area contributed by atoms with E-state index in [1.54, 1.807) is 12.4 Å². The molecule has 0 saturated heterocycles. The van der Waals surface area contributed by atoms with Crippen LogP contribution in [0.25, 0.3) is 23.0 Å².